The zero-order chi connectivity index (χ0) is 30.1. The fourth-order valence-corrected chi connectivity index (χ4v) is 8.18. The van der Waals surface area contributed by atoms with Crippen LogP contribution in [-0.4, -0.2) is 17.6 Å². The van der Waals surface area contributed by atoms with Gasteiger partial charge in [-0.1, -0.05) is 121 Å². The highest BCUT2D eigenvalue weighted by molar-refractivity contribution is 6.39. The number of nitrogens with zero attached hydrogens (tertiary/aromatic N) is 1. The molecule has 0 N–H and O–H groups in total. The number of rotatable bonds is 5. The molecule has 5 heteroatoms. The number of hydrogen-bond acceptors (Lipinski definition) is 3. The van der Waals surface area contributed by atoms with E-state index in [0.717, 1.165) is 22.3 Å². The summed E-state index contributed by atoms with van der Waals surface area (Å²) in [5.74, 6) is -3.58. The van der Waals surface area contributed by atoms with Crippen LogP contribution in [0.3, 0.4) is 0 Å². The number of fused-ring (bicyclic) bond motifs is 5. The van der Waals surface area contributed by atoms with Gasteiger partial charge in [-0.05, 0) is 57.7 Å². The normalized spacial score (nSPS) is 25.6. The van der Waals surface area contributed by atoms with Gasteiger partial charge in [0.2, 0.25) is 11.8 Å². The number of benzene rings is 5. The number of carbonyl (C=O) groups is 3. The molecule has 3 aliphatic rings. The van der Waals surface area contributed by atoms with Crippen molar-refractivity contribution in [3.8, 4) is 0 Å². The number of ketones is 1. The molecule has 5 aromatic carbocycles. The van der Waals surface area contributed by atoms with E-state index in [4.69, 9.17) is 0 Å². The first-order chi connectivity index (χ1) is 21.5. The van der Waals surface area contributed by atoms with Crippen molar-refractivity contribution >= 4 is 34.4 Å². The third kappa shape index (κ3) is 3.18. The summed E-state index contributed by atoms with van der Waals surface area (Å²) >= 11 is 0. The number of hydrogen-bond donors (Lipinski definition) is 0. The summed E-state index contributed by atoms with van der Waals surface area (Å²) in [6, 6.07) is 43.7. The minimum Gasteiger partial charge on any atom is -0.297 e. The lowest BCUT2D eigenvalue weighted by Gasteiger charge is -2.39. The molecule has 4 nitrogen and oxygen atoms in total. The Labute approximate surface area is 254 Å². The third-order valence-corrected chi connectivity index (χ3v) is 9.66. The highest BCUT2D eigenvalue weighted by atomic mass is 19.1. The van der Waals surface area contributed by atoms with E-state index in [0.29, 0.717) is 11.1 Å². The van der Waals surface area contributed by atoms with Gasteiger partial charge in [0.25, 0.3) is 0 Å². The van der Waals surface area contributed by atoms with Crippen LogP contribution in [0.25, 0.3) is 11.1 Å². The molecular weight excluding hydrogens is 549 g/mol. The van der Waals surface area contributed by atoms with Crippen molar-refractivity contribution in [3.05, 3.63) is 174 Å². The Kier molecular flexibility index (Phi) is 5.69. The van der Waals surface area contributed by atoms with Gasteiger partial charge in [0.1, 0.15) is 5.82 Å². The first-order valence-electron chi connectivity index (χ1n) is 14.7. The maximum Gasteiger partial charge on any atom is 0.239 e. The number of halogens is 1. The van der Waals surface area contributed by atoms with Gasteiger partial charge in [-0.2, -0.15) is 0 Å². The summed E-state index contributed by atoms with van der Waals surface area (Å²) in [6.45, 7) is 0. The molecule has 212 valence electrons. The summed E-state index contributed by atoms with van der Waals surface area (Å²) in [7, 11) is 0. The lowest BCUT2D eigenvalue weighted by atomic mass is 9.59. The van der Waals surface area contributed by atoms with Crippen molar-refractivity contribution < 1.29 is 18.8 Å². The molecule has 44 heavy (non-hydrogen) atoms. The summed E-state index contributed by atoms with van der Waals surface area (Å²) in [5.41, 5.74) is 1.83. The quantitative estimate of drug-likeness (QED) is 0.212. The number of imide groups is 1. The lowest BCUT2D eigenvalue weighted by Crippen LogP contribution is -2.45. The second-order valence-corrected chi connectivity index (χ2v) is 11.6. The summed E-state index contributed by atoms with van der Waals surface area (Å²) in [4.78, 5) is 46.6. The average molecular weight is 576 g/mol. The van der Waals surface area contributed by atoms with Gasteiger partial charge < -0.3 is 0 Å². The minimum atomic E-state index is -1.46. The second-order valence-electron chi connectivity index (χ2n) is 11.6. The van der Waals surface area contributed by atoms with E-state index in [1.54, 1.807) is 0 Å². The Bertz CT molecular complexity index is 1850. The van der Waals surface area contributed by atoms with Crippen LogP contribution in [0, 0.1) is 17.7 Å². The summed E-state index contributed by atoms with van der Waals surface area (Å²) in [6.07, 6.45) is 0. The molecule has 2 bridgehead atoms. The first kappa shape index (κ1) is 26.2. The molecule has 2 aliphatic carbocycles. The Morgan fingerprint density at radius 1 is 0.477 bits per heavy atom. The Hall–Kier alpha value is -5.42. The molecule has 0 radical (unpaired) electrons. The molecule has 4 atom stereocenters. The van der Waals surface area contributed by atoms with Gasteiger partial charge in [-0.25, -0.2) is 9.29 Å². The van der Waals surface area contributed by atoms with E-state index in [1.165, 1.54) is 29.2 Å². The zero-order valence-electron chi connectivity index (χ0n) is 23.6. The summed E-state index contributed by atoms with van der Waals surface area (Å²) in [5, 5.41) is 0. The molecule has 1 saturated carbocycles. The minimum absolute atomic E-state index is 0.171. The third-order valence-electron chi connectivity index (χ3n) is 9.66. The van der Waals surface area contributed by atoms with Crippen molar-refractivity contribution in [1.29, 1.82) is 0 Å². The molecule has 2 fully saturated rings. The number of anilines is 1. The zero-order valence-corrected chi connectivity index (χ0v) is 23.6. The van der Waals surface area contributed by atoms with Crippen molar-refractivity contribution in [3.63, 3.8) is 0 Å². The molecular formula is C39H26FNO3. The van der Waals surface area contributed by atoms with Crippen LogP contribution in [-0.2, 0) is 25.2 Å². The van der Waals surface area contributed by atoms with Crippen LogP contribution in [0.5, 0.6) is 0 Å². The van der Waals surface area contributed by atoms with Gasteiger partial charge >= 0.3 is 0 Å². The van der Waals surface area contributed by atoms with Crippen LogP contribution in [0.2, 0.25) is 0 Å². The average Bonchev–Trinajstić information content (AvgIpc) is 3.59. The van der Waals surface area contributed by atoms with Gasteiger partial charge in [-0.15, -0.1) is 0 Å². The summed E-state index contributed by atoms with van der Waals surface area (Å²) < 4.78 is 14.0. The monoisotopic (exact) mass is 575 g/mol. The Morgan fingerprint density at radius 3 is 1.23 bits per heavy atom. The van der Waals surface area contributed by atoms with Crippen molar-refractivity contribution in [2.75, 3.05) is 4.90 Å². The van der Waals surface area contributed by atoms with Crippen molar-refractivity contribution in [1.82, 2.24) is 0 Å². The van der Waals surface area contributed by atoms with Crippen molar-refractivity contribution in [2.24, 2.45) is 11.8 Å². The van der Waals surface area contributed by atoms with Crippen LogP contribution in [0.4, 0.5) is 10.1 Å². The van der Waals surface area contributed by atoms with Crippen molar-refractivity contribution in [2.45, 2.75) is 10.8 Å². The number of carbonyl (C=O) groups excluding carboxylic acids is 3. The van der Waals surface area contributed by atoms with E-state index < -0.39 is 40.3 Å². The lowest BCUT2D eigenvalue weighted by molar-refractivity contribution is -0.130. The number of Topliss-reactive ketones (excluding diaryl/α,β-unsaturated/α-hetero) is 1. The molecule has 5 aromatic rings. The van der Waals surface area contributed by atoms with E-state index in [1.807, 2.05) is 121 Å². The van der Waals surface area contributed by atoms with Crippen LogP contribution in [0.15, 0.2) is 146 Å². The highest BCUT2D eigenvalue weighted by Crippen LogP contribution is 2.74. The molecule has 1 aliphatic heterocycles. The second kappa shape index (κ2) is 9.55. The fraction of sp³-hybridized carbons (Fsp3) is 0.103. The Balaban J connectivity index is 1.55. The molecule has 0 aromatic heterocycles. The van der Waals surface area contributed by atoms with Gasteiger partial charge in [-0.3, -0.25) is 14.4 Å². The highest BCUT2D eigenvalue weighted by Gasteiger charge is 2.82. The van der Waals surface area contributed by atoms with Crippen LogP contribution < -0.4 is 4.90 Å². The van der Waals surface area contributed by atoms with E-state index >= 15 is 4.79 Å². The Morgan fingerprint density at radius 2 is 0.841 bits per heavy atom. The first-order valence-corrected chi connectivity index (χ1v) is 14.7. The molecule has 0 unspecified atom stereocenters. The molecule has 0 spiro atoms. The molecule has 1 heterocycles. The SMILES string of the molecule is O=C1[C@H]2[C@H](C(=O)N1c1ccc(F)cc1)[C@]1(c3ccccc3)C(=O)[C@@]2(c2ccccc2)C(c2ccccc2)=C1c1ccccc1. The maximum absolute atomic E-state index is 15.8. The maximum atomic E-state index is 15.8. The molecule has 8 rings (SSSR count). The topological polar surface area (TPSA) is 54.5 Å². The predicted octanol–water partition coefficient (Wildman–Crippen LogP) is 7.01. The smallest absolute Gasteiger partial charge is 0.239 e. The molecule has 1 saturated heterocycles. The van der Waals surface area contributed by atoms with E-state index in [9.17, 15) is 14.0 Å². The standard InChI is InChI=1S/C39H26FNO3/c40-29-21-23-30(24-22-29)41-35(42)33-34(36(41)43)39(28-19-11-4-12-20-28)32(26-15-7-2-8-16-26)31(25-13-5-1-6-14-25)38(33,37(39)44)27-17-9-3-10-18-27/h1-24,33-34H/t33-,34-,38-,39+/m1/s1. The van der Waals surface area contributed by atoms with Gasteiger partial charge in [0, 0.05) is 0 Å². The largest absolute Gasteiger partial charge is 0.297 e. The van der Waals surface area contributed by atoms with Crippen LogP contribution in [0.1, 0.15) is 22.3 Å². The van der Waals surface area contributed by atoms with E-state index in [-0.39, 0.29) is 11.5 Å². The number of allylic oxidation sites excluding steroid dienone is 2. The van der Waals surface area contributed by atoms with Gasteiger partial charge in [0.15, 0.2) is 5.78 Å². The van der Waals surface area contributed by atoms with Gasteiger partial charge in [0.05, 0.1) is 28.4 Å². The number of amides is 2. The molecule has 2 amide bonds. The van der Waals surface area contributed by atoms with Crippen LogP contribution >= 0.6 is 0 Å². The van der Waals surface area contributed by atoms with E-state index in [2.05, 4.69) is 0 Å². The fourth-order valence-electron chi connectivity index (χ4n) is 8.18. The predicted molar refractivity (Wildman–Crippen MR) is 167 cm³/mol.